The minimum Gasteiger partial charge on any atom is -0.495 e. The number of nitrogen functional groups attached to an aromatic ring is 1. The summed E-state index contributed by atoms with van der Waals surface area (Å²) in [5, 5.41) is 3.09. The van der Waals surface area contributed by atoms with E-state index >= 15 is 0 Å². The zero-order valence-corrected chi connectivity index (χ0v) is 11.8. The maximum absolute atomic E-state index is 13.7. The summed E-state index contributed by atoms with van der Waals surface area (Å²) in [4.78, 5) is 2.35. The summed E-state index contributed by atoms with van der Waals surface area (Å²) in [6, 6.07) is 2.88. The highest BCUT2D eigenvalue weighted by Gasteiger charge is 2.10. The van der Waals surface area contributed by atoms with Gasteiger partial charge in [-0.15, -0.1) is 0 Å². The highest BCUT2D eigenvalue weighted by atomic mass is 19.1. The predicted molar refractivity (Wildman–Crippen MR) is 77.7 cm³/mol. The molecule has 1 fully saturated rings. The molecule has 3 N–H and O–H groups in total. The Balaban J connectivity index is 1.78. The van der Waals surface area contributed by atoms with Crippen LogP contribution in [0.25, 0.3) is 0 Å². The van der Waals surface area contributed by atoms with Crippen molar-refractivity contribution >= 4 is 11.4 Å². The van der Waals surface area contributed by atoms with Crippen molar-refractivity contribution in [3.8, 4) is 5.75 Å². The van der Waals surface area contributed by atoms with E-state index in [1.165, 1.54) is 13.2 Å². The molecular weight excluding hydrogens is 261 g/mol. The number of methoxy groups -OCH3 is 1. The minimum absolute atomic E-state index is 0.309. The van der Waals surface area contributed by atoms with E-state index in [0.717, 1.165) is 39.3 Å². The quantitative estimate of drug-likeness (QED) is 0.613. The molecular formula is C14H22FN3O2. The Morgan fingerprint density at radius 1 is 1.40 bits per heavy atom. The lowest BCUT2D eigenvalue weighted by Gasteiger charge is -2.26. The van der Waals surface area contributed by atoms with E-state index in [1.807, 2.05) is 0 Å². The molecule has 0 atom stereocenters. The van der Waals surface area contributed by atoms with Crippen molar-refractivity contribution in [1.82, 2.24) is 4.90 Å². The summed E-state index contributed by atoms with van der Waals surface area (Å²) >= 11 is 0. The molecule has 1 aliphatic rings. The van der Waals surface area contributed by atoms with Crippen molar-refractivity contribution < 1.29 is 13.9 Å². The van der Waals surface area contributed by atoms with Gasteiger partial charge in [-0.25, -0.2) is 4.39 Å². The van der Waals surface area contributed by atoms with Gasteiger partial charge in [0.05, 0.1) is 31.7 Å². The third-order valence-electron chi connectivity index (χ3n) is 3.39. The standard InChI is InChI=1S/C14H22FN3O2/c1-19-14-10-13(11(15)9-12(14)16)17-3-2-4-18-5-7-20-8-6-18/h9-10,17H,2-8,16H2,1H3. The number of nitrogens with two attached hydrogens (primary N) is 1. The number of halogens is 1. The molecule has 0 radical (unpaired) electrons. The highest BCUT2D eigenvalue weighted by molar-refractivity contribution is 5.62. The molecule has 0 amide bonds. The van der Waals surface area contributed by atoms with Gasteiger partial charge >= 0.3 is 0 Å². The molecule has 2 rings (SSSR count). The van der Waals surface area contributed by atoms with Gasteiger partial charge in [-0.2, -0.15) is 0 Å². The Morgan fingerprint density at radius 2 is 2.15 bits per heavy atom. The highest BCUT2D eigenvalue weighted by Crippen LogP contribution is 2.28. The van der Waals surface area contributed by atoms with Gasteiger partial charge in [0.1, 0.15) is 11.6 Å². The van der Waals surface area contributed by atoms with Crippen LogP contribution in [-0.2, 0) is 4.74 Å². The van der Waals surface area contributed by atoms with Gasteiger partial charge < -0.3 is 20.5 Å². The number of nitrogens with zero attached hydrogens (tertiary/aromatic N) is 1. The second kappa shape index (κ2) is 7.31. The van der Waals surface area contributed by atoms with E-state index in [-0.39, 0.29) is 5.82 Å². The first-order chi connectivity index (χ1) is 9.70. The summed E-state index contributed by atoms with van der Waals surface area (Å²) in [5.41, 5.74) is 6.38. The molecule has 0 aliphatic carbocycles. The average molecular weight is 283 g/mol. The van der Waals surface area contributed by atoms with Crippen LogP contribution in [0.1, 0.15) is 6.42 Å². The molecule has 0 saturated carbocycles. The monoisotopic (exact) mass is 283 g/mol. The van der Waals surface area contributed by atoms with Crippen LogP contribution in [0.3, 0.4) is 0 Å². The molecule has 6 heteroatoms. The molecule has 0 spiro atoms. The van der Waals surface area contributed by atoms with Gasteiger partial charge in [-0.05, 0) is 13.0 Å². The van der Waals surface area contributed by atoms with Crippen molar-refractivity contribution in [2.75, 3.05) is 57.6 Å². The first-order valence-corrected chi connectivity index (χ1v) is 6.87. The normalized spacial score (nSPS) is 16.1. The number of benzene rings is 1. The zero-order valence-electron chi connectivity index (χ0n) is 11.8. The summed E-state index contributed by atoms with van der Waals surface area (Å²) < 4.78 is 24.1. The fourth-order valence-electron chi connectivity index (χ4n) is 2.23. The van der Waals surface area contributed by atoms with Gasteiger partial charge in [0, 0.05) is 31.8 Å². The number of morpholine rings is 1. The van der Waals surface area contributed by atoms with Crippen LogP contribution >= 0.6 is 0 Å². The molecule has 1 aromatic rings. The predicted octanol–water partition coefficient (Wildman–Crippen LogP) is 1.55. The third kappa shape index (κ3) is 3.98. The smallest absolute Gasteiger partial charge is 0.148 e. The number of ether oxygens (including phenoxy) is 2. The second-order valence-corrected chi connectivity index (χ2v) is 4.81. The molecule has 1 aliphatic heterocycles. The lowest BCUT2D eigenvalue weighted by Crippen LogP contribution is -2.37. The van der Waals surface area contributed by atoms with Gasteiger partial charge in [0.25, 0.3) is 0 Å². The molecule has 5 nitrogen and oxygen atoms in total. The molecule has 0 aromatic heterocycles. The Bertz CT molecular complexity index is 437. The zero-order chi connectivity index (χ0) is 14.4. The first-order valence-electron chi connectivity index (χ1n) is 6.87. The van der Waals surface area contributed by atoms with Gasteiger partial charge in [0.15, 0.2) is 0 Å². The molecule has 1 aromatic carbocycles. The van der Waals surface area contributed by atoms with E-state index in [2.05, 4.69) is 10.2 Å². The first kappa shape index (κ1) is 14.9. The molecule has 0 unspecified atom stereocenters. The maximum Gasteiger partial charge on any atom is 0.148 e. The molecule has 0 bridgehead atoms. The average Bonchev–Trinajstić information content (AvgIpc) is 2.46. The van der Waals surface area contributed by atoms with E-state index in [4.69, 9.17) is 15.2 Å². The fourth-order valence-corrected chi connectivity index (χ4v) is 2.23. The van der Waals surface area contributed by atoms with Gasteiger partial charge in [0.2, 0.25) is 0 Å². The summed E-state index contributed by atoms with van der Waals surface area (Å²) in [6.45, 7) is 5.26. The second-order valence-electron chi connectivity index (χ2n) is 4.81. The van der Waals surface area contributed by atoms with Crippen LogP contribution in [0.4, 0.5) is 15.8 Å². The summed E-state index contributed by atoms with van der Waals surface area (Å²) in [6.07, 6.45) is 0.951. The largest absolute Gasteiger partial charge is 0.495 e. The molecule has 1 saturated heterocycles. The van der Waals surface area contributed by atoms with Crippen molar-refractivity contribution in [1.29, 1.82) is 0 Å². The Kier molecular flexibility index (Phi) is 5.43. The van der Waals surface area contributed by atoms with Crippen LogP contribution in [0.15, 0.2) is 12.1 Å². The van der Waals surface area contributed by atoms with Crippen LogP contribution in [0.2, 0.25) is 0 Å². The fraction of sp³-hybridized carbons (Fsp3) is 0.571. The van der Waals surface area contributed by atoms with Crippen LogP contribution < -0.4 is 15.8 Å². The maximum atomic E-state index is 13.7. The van der Waals surface area contributed by atoms with E-state index in [1.54, 1.807) is 6.07 Å². The van der Waals surface area contributed by atoms with Crippen molar-refractivity contribution in [2.24, 2.45) is 0 Å². The minimum atomic E-state index is -0.352. The van der Waals surface area contributed by atoms with Crippen molar-refractivity contribution in [3.63, 3.8) is 0 Å². The topological polar surface area (TPSA) is 59.8 Å². The van der Waals surface area contributed by atoms with Crippen LogP contribution in [0.5, 0.6) is 5.75 Å². The number of hydrogen-bond acceptors (Lipinski definition) is 5. The Hall–Kier alpha value is -1.53. The van der Waals surface area contributed by atoms with E-state index in [0.29, 0.717) is 23.7 Å². The van der Waals surface area contributed by atoms with Crippen LogP contribution in [-0.4, -0.2) is 51.4 Å². The van der Waals surface area contributed by atoms with Gasteiger partial charge in [-0.1, -0.05) is 0 Å². The summed E-state index contributed by atoms with van der Waals surface area (Å²) in [7, 11) is 1.52. The number of nitrogens with one attached hydrogen (secondary N) is 1. The van der Waals surface area contributed by atoms with Crippen molar-refractivity contribution in [3.05, 3.63) is 17.9 Å². The number of rotatable bonds is 6. The Morgan fingerprint density at radius 3 is 2.85 bits per heavy atom. The van der Waals surface area contributed by atoms with Crippen LogP contribution in [0, 0.1) is 5.82 Å². The van der Waals surface area contributed by atoms with E-state index in [9.17, 15) is 4.39 Å². The van der Waals surface area contributed by atoms with Crippen molar-refractivity contribution in [2.45, 2.75) is 6.42 Å². The lowest BCUT2D eigenvalue weighted by molar-refractivity contribution is 0.0378. The summed E-state index contributed by atoms with van der Waals surface area (Å²) in [5.74, 6) is 0.136. The SMILES string of the molecule is COc1cc(NCCCN2CCOCC2)c(F)cc1N. The molecule has 1 heterocycles. The number of anilines is 2. The lowest BCUT2D eigenvalue weighted by atomic mass is 10.2. The number of hydrogen-bond donors (Lipinski definition) is 2. The molecule has 20 heavy (non-hydrogen) atoms. The Labute approximate surface area is 118 Å². The van der Waals surface area contributed by atoms with Gasteiger partial charge in [-0.3, -0.25) is 4.90 Å². The van der Waals surface area contributed by atoms with E-state index < -0.39 is 0 Å². The third-order valence-corrected chi connectivity index (χ3v) is 3.39. The molecule has 112 valence electrons.